The van der Waals surface area contributed by atoms with Crippen molar-refractivity contribution in [2.24, 2.45) is 0 Å². The topological polar surface area (TPSA) is 27.0 Å². The molecule has 98 valence electrons. The Morgan fingerprint density at radius 3 is 2.56 bits per heavy atom. The smallest absolute Gasteiger partial charge is 0.0635 e. The summed E-state index contributed by atoms with van der Waals surface area (Å²) in [7, 11) is 0. The highest BCUT2D eigenvalue weighted by Gasteiger charge is 2.17. The van der Waals surface area contributed by atoms with E-state index in [0.29, 0.717) is 17.3 Å². The second kappa shape index (κ2) is 8.68. The van der Waals surface area contributed by atoms with Crippen molar-refractivity contribution >= 4 is 31.9 Å². The van der Waals surface area contributed by atoms with Crippen LogP contribution in [0.1, 0.15) is 24.9 Å². The van der Waals surface area contributed by atoms with Crippen molar-refractivity contribution in [3.8, 4) is 6.07 Å². The van der Waals surface area contributed by atoms with E-state index in [0.717, 1.165) is 18.4 Å². The molecule has 0 aliphatic heterocycles. The number of alkyl halides is 2. The fourth-order valence-electron chi connectivity index (χ4n) is 1.88. The SMILES string of the molecule is C[C@@H](c1ccccc1)N(CCC#N)CC(Br)CBr. The van der Waals surface area contributed by atoms with E-state index in [1.807, 2.05) is 6.07 Å². The van der Waals surface area contributed by atoms with Crippen molar-refractivity contribution < 1.29 is 0 Å². The first kappa shape index (κ1) is 15.7. The zero-order chi connectivity index (χ0) is 13.4. The molecule has 0 bridgehead atoms. The Labute approximate surface area is 126 Å². The first-order valence-corrected chi connectivity index (χ1v) is 8.08. The predicted octanol–water partition coefficient (Wildman–Crippen LogP) is 4.12. The van der Waals surface area contributed by atoms with Crippen molar-refractivity contribution in [3.05, 3.63) is 35.9 Å². The third kappa shape index (κ3) is 5.09. The number of halogens is 2. The van der Waals surface area contributed by atoms with Crippen LogP contribution in [0.3, 0.4) is 0 Å². The van der Waals surface area contributed by atoms with Crippen LogP contribution in [0, 0.1) is 11.3 Å². The van der Waals surface area contributed by atoms with Crippen LogP contribution in [-0.4, -0.2) is 28.1 Å². The first-order chi connectivity index (χ1) is 8.69. The van der Waals surface area contributed by atoms with Gasteiger partial charge in [-0.05, 0) is 12.5 Å². The summed E-state index contributed by atoms with van der Waals surface area (Å²) in [6, 6.07) is 13.0. The molecule has 0 aromatic heterocycles. The predicted molar refractivity (Wildman–Crippen MR) is 83.2 cm³/mol. The summed E-state index contributed by atoms with van der Waals surface area (Å²) in [5, 5.41) is 9.68. The summed E-state index contributed by atoms with van der Waals surface area (Å²) < 4.78 is 0. The van der Waals surface area contributed by atoms with Crippen LogP contribution >= 0.6 is 31.9 Å². The normalized spacial score (nSPS) is 14.2. The molecule has 0 N–H and O–H groups in total. The third-order valence-corrected chi connectivity index (χ3v) is 5.20. The number of hydrogen-bond donors (Lipinski definition) is 0. The van der Waals surface area contributed by atoms with Crippen molar-refractivity contribution in [1.29, 1.82) is 5.26 Å². The Morgan fingerprint density at radius 2 is 2.00 bits per heavy atom. The standard InChI is InChI=1S/C14H18Br2N2/c1-12(13-6-3-2-4-7-13)18(9-5-8-17)11-14(16)10-15/h2-4,6-7,12,14H,5,9-11H2,1H3/t12-,14?/m0/s1. The van der Waals surface area contributed by atoms with Crippen LogP contribution in [0.4, 0.5) is 0 Å². The molecule has 0 aliphatic rings. The molecule has 2 nitrogen and oxygen atoms in total. The lowest BCUT2D eigenvalue weighted by atomic mass is 10.1. The van der Waals surface area contributed by atoms with E-state index in [1.165, 1.54) is 5.56 Å². The molecule has 0 amide bonds. The summed E-state index contributed by atoms with van der Waals surface area (Å²) in [6.07, 6.45) is 0.569. The molecule has 0 aliphatic carbocycles. The Bertz CT molecular complexity index is 375. The maximum absolute atomic E-state index is 8.76. The van der Waals surface area contributed by atoms with E-state index in [2.05, 4.69) is 74.0 Å². The van der Waals surface area contributed by atoms with Crippen LogP contribution < -0.4 is 0 Å². The van der Waals surface area contributed by atoms with Gasteiger partial charge in [0.2, 0.25) is 0 Å². The minimum Gasteiger partial charge on any atom is -0.294 e. The zero-order valence-corrected chi connectivity index (χ0v) is 13.7. The Balaban J connectivity index is 2.72. The van der Waals surface area contributed by atoms with Gasteiger partial charge in [0.15, 0.2) is 0 Å². The first-order valence-electron chi connectivity index (χ1n) is 6.05. The van der Waals surface area contributed by atoms with Crippen molar-refractivity contribution in [2.75, 3.05) is 18.4 Å². The molecule has 4 heteroatoms. The Hall–Kier alpha value is -0.370. The highest BCUT2D eigenvalue weighted by Crippen LogP contribution is 2.21. The number of nitriles is 1. The van der Waals surface area contributed by atoms with E-state index in [4.69, 9.17) is 5.26 Å². The van der Waals surface area contributed by atoms with Crippen LogP contribution in [0.2, 0.25) is 0 Å². The monoisotopic (exact) mass is 372 g/mol. The fourth-order valence-corrected chi connectivity index (χ4v) is 2.46. The van der Waals surface area contributed by atoms with Gasteiger partial charge in [-0.2, -0.15) is 5.26 Å². The highest BCUT2D eigenvalue weighted by atomic mass is 79.9. The summed E-state index contributed by atoms with van der Waals surface area (Å²) in [6.45, 7) is 3.94. The maximum Gasteiger partial charge on any atom is 0.0635 e. The lowest BCUT2D eigenvalue weighted by molar-refractivity contribution is 0.220. The minimum atomic E-state index is 0.332. The molecule has 0 heterocycles. The summed E-state index contributed by atoms with van der Waals surface area (Å²) >= 11 is 7.12. The number of benzene rings is 1. The van der Waals surface area contributed by atoms with E-state index in [1.54, 1.807) is 0 Å². The van der Waals surface area contributed by atoms with Gasteiger partial charge in [-0.3, -0.25) is 4.90 Å². The molecule has 1 aromatic carbocycles. The van der Waals surface area contributed by atoms with Gasteiger partial charge >= 0.3 is 0 Å². The summed E-state index contributed by atoms with van der Waals surface area (Å²) in [4.78, 5) is 2.75. The van der Waals surface area contributed by atoms with Crippen molar-refractivity contribution in [3.63, 3.8) is 0 Å². The zero-order valence-electron chi connectivity index (χ0n) is 10.5. The molecule has 0 fully saturated rings. The highest BCUT2D eigenvalue weighted by molar-refractivity contribution is 9.12. The van der Waals surface area contributed by atoms with Gasteiger partial charge in [-0.25, -0.2) is 0 Å². The van der Waals surface area contributed by atoms with Gasteiger partial charge in [0.05, 0.1) is 6.07 Å². The van der Waals surface area contributed by atoms with E-state index in [-0.39, 0.29) is 0 Å². The quantitative estimate of drug-likeness (QED) is 0.672. The lowest BCUT2D eigenvalue weighted by Gasteiger charge is -2.30. The molecular formula is C14H18Br2N2. The molecule has 0 saturated heterocycles. The van der Waals surface area contributed by atoms with Crippen LogP contribution in [0.15, 0.2) is 30.3 Å². The number of rotatable bonds is 7. The maximum atomic E-state index is 8.76. The summed E-state index contributed by atoms with van der Waals surface area (Å²) in [5.41, 5.74) is 1.30. The van der Waals surface area contributed by atoms with Crippen LogP contribution in [-0.2, 0) is 0 Å². The molecule has 0 radical (unpaired) electrons. The molecule has 18 heavy (non-hydrogen) atoms. The second-order valence-electron chi connectivity index (χ2n) is 4.24. The number of hydrogen-bond acceptors (Lipinski definition) is 2. The van der Waals surface area contributed by atoms with Gasteiger partial charge in [-0.15, -0.1) is 0 Å². The molecule has 1 rings (SSSR count). The fraction of sp³-hybridized carbons (Fsp3) is 0.500. The van der Waals surface area contributed by atoms with E-state index >= 15 is 0 Å². The van der Waals surface area contributed by atoms with Gasteiger partial charge in [0.25, 0.3) is 0 Å². The van der Waals surface area contributed by atoms with Gasteiger partial charge in [0, 0.05) is 35.7 Å². The van der Waals surface area contributed by atoms with Crippen molar-refractivity contribution in [2.45, 2.75) is 24.2 Å². The minimum absolute atomic E-state index is 0.332. The second-order valence-corrected chi connectivity index (χ2v) is 6.18. The Morgan fingerprint density at radius 1 is 1.33 bits per heavy atom. The molecule has 1 unspecified atom stereocenters. The number of nitrogens with zero attached hydrogens (tertiary/aromatic N) is 2. The van der Waals surface area contributed by atoms with E-state index in [9.17, 15) is 0 Å². The third-order valence-electron chi connectivity index (χ3n) is 2.94. The van der Waals surface area contributed by atoms with Gasteiger partial charge in [0.1, 0.15) is 0 Å². The average Bonchev–Trinajstić information content (AvgIpc) is 2.43. The van der Waals surface area contributed by atoms with Gasteiger partial charge < -0.3 is 0 Å². The molecule has 1 aromatic rings. The molecule has 0 saturated carbocycles. The van der Waals surface area contributed by atoms with Gasteiger partial charge in [-0.1, -0.05) is 62.2 Å². The summed E-state index contributed by atoms with van der Waals surface area (Å²) in [5.74, 6) is 0. The largest absolute Gasteiger partial charge is 0.294 e. The molecule has 0 spiro atoms. The van der Waals surface area contributed by atoms with Crippen LogP contribution in [0.5, 0.6) is 0 Å². The van der Waals surface area contributed by atoms with Crippen molar-refractivity contribution in [1.82, 2.24) is 4.90 Å². The lowest BCUT2D eigenvalue weighted by Crippen LogP contribution is -2.33. The molecular weight excluding hydrogens is 356 g/mol. The average molecular weight is 374 g/mol. The van der Waals surface area contributed by atoms with Crippen LogP contribution in [0.25, 0.3) is 0 Å². The Kier molecular flexibility index (Phi) is 7.57. The molecule has 2 atom stereocenters. The van der Waals surface area contributed by atoms with E-state index < -0.39 is 0 Å².